The van der Waals surface area contributed by atoms with Gasteiger partial charge in [0.15, 0.2) is 0 Å². The van der Waals surface area contributed by atoms with Gasteiger partial charge in [-0.3, -0.25) is 4.90 Å². The third-order valence-corrected chi connectivity index (χ3v) is 4.57. The molecule has 0 bridgehead atoms. The Labute approximate surface area is 119 Å². The van der Waals surface area contributed by atoms with Gasteiger partial charge < -0.3 is 10.5 Å². The van der Waals surface area contributed by atoms with Crippen molar-refractivity contribution in [2.45, 2.75) is 59.4 Å². The molecule has 0 saturated heterocycles. The highest BCUT2D eigenvalue weighted by Crippen LogP contribution is 2.51. The van der Waals surface area contributed by atoms with Crippen LogP contribution in [0.15, 0.2) is 0 Å². The van der Waals surface area contributed by atoms with E-state index in [2.05, 4.69) is 39.5 Å². The summed E-state index contributed by atoms with van der Waals surface area (Å²) in [6, 6.07) is 0. The molecule has 0 aromatic carbocycles. The number of nitrogens with two attached hydrogens (primary N) is 1. The summed E-state index contributed by atoms with van der Waals surface area (Å²) in [5.41, 5.74) is 7.11. The molecule has 114 valence electrons. The molecule has 1 saturated carbocycles. The van der Waals surface area contributed by atoms with Crippen LogP contribution in [-0.2, 0) is 4.74 Å². The largest absolute Gasteiger partial charge is 0.383 e. The summed E-state index contributed by atoms with van der Waals surface area (Å²) < 4.78 is 5.28. The number of hydrogen-bond donors (Lipinski definition) is 1. The van der Waals surface area contributed by atoms with Gasteiger partial charge in [0.2, 0.25) is 0 Å². The van der Waals surface area contributed by atoms with Gasteiger partial charge in [-0.15, -0.1) is 0 Å². The Morgan fingerprint density at radius 1 is 1.05 bits per heavy atom. The normalized spacial score (nSPS) is 24.6. The number of hydrogen-bond acceptors (Lipinski definition) is 3. The van der Waals surface area contributed by atoms with Crippen molar-refractivity contribution in [2.24, 2.45) is 16.6 Å². The van der Waals surface area contributed by atoms with E-state index in [0.29, 0.717) is 10.8 Å². The first-order chi connectivity index (χ1) is 8.70. The van der Waals surface area contributed by atoms with Crippen molar-refractivity contribution >= 4 is 0 Å². The van der Waals surface area contributed by atoms with Crippen molar-refractivity contribution < 1.29 is 4.74 Å². The van der Waals surface area contributed by atoms with Gasteiger partial charge in [0, 0.05) is 25.7 Å². The van der Waals surface area contributed by atoms with Crippen molar-refractivity contribution in [1.29, 1.82) is 0 Å². The van der Waals surface area contributed by atoms with Crippen molar-refractivity contribution in [2.75, 3.05) is 33.4 Å². The maximum Gasteiger partial charge on any atom is 0.0589 e. The Morgan fingerprint density at radius 3 is 1.95 bits per heavy atom. The second-order valence-electron chi connectivity index (χ2n) is 7.86. The number of rotatable bonds is 6. The Balaban J connectivity index is 2.99. The predicted octanol–water partition coefficient (Wildman–Crippen LogP) is 2.89. The van der Waals surface area contributed by atoms with Gasteiger partial charge in [-0.1, -0.05) is 34.6 Å². The molecule has 0 spiro atoms. The lowest BCUT2D eigenvalue weighted by Crippen LogP contribution is -2.61. The summed E-state index contributed by atoms with van der Waals surface area (Å²) >= 11 is 0. The monoisotopic (exact) mass is 270 g/mol. The van der Waals surface area contributed by atoms with Crippen LogP contribution in [0.2, 0.25) is 0 Å². The van der Waals surface area contributed by atoms with Crippen molar-refractivity contribution in [3.63, 3.8) is 0 Å². The fourth-order valence-corrected chi connectivity index (χ4v) is 4.69. The van der Waals surface area contributed by atoms with Crippen LogP contribution in [0.1, 0.15) is 53.9 Å². The lowest BCUT2D eigenvalue weighted by molar-refractivity contribution is -0.0485. The third-order valence-electron chi connectivity index (χ3n) is 4.57. The van der Waals surface area contributed by atoms with E-state index in [4.69, 9.17) is 10.5 Å². The first kappa shape index (κ1) is 16.9. The fraction of sp³-hybridized carbons (Fsp3) is 1.00. The van der Waals surface area contributed by atoms with Gasteiger partial charge in [-0.2, -0.15) is 0 Å². The predicted molar refractivity (Wildman–Crippen MR) is 82.3 cm³/mol. The Hall–Kier alpha value is -0.120. The van der Waals surface area contributed by atoms with Crippen LogP contribution in [0.25, 0.3) is 0 Å². The van der Waals surface area contributed by atoms with E-state index in [0.717, 1.165) is 26.2 Å². The second-order valence-corrected chi connectivity index (χ2v) is 7.86. The van der Waals surface area contributed by atoms with Crippen LogP contribution in [0.4, 0.5) is 0 Å². The van der Waals surface area contributed by atoms with Crippen LogP contribution in [0.3, 0.4) is 0 Å². The Kier molecular flexibility index (Phi) is 5.44. The zero-order valence-corrected chi connectivity index (χ0v) is 13.9. The zero-order chi connectivity index (χ0) is 14.7. The average Bonchev–Trinajstić information content (AvgIpc) is 2.25. The molecule has 0 radical (unpaired) electrons. The van der Waals surface area contributed by atoms with Gasteiger partial charge >= 0.3 is 0 Å². The first-order valence-electron chi connectivity index (χ1n) is 7.64. The third kappa shape index (κ3) is 4.17. The molecule has 1 rings (SSSR count). The van der Waals surface area contributed by atoms with Gasteiger partial charge in [0.1, 0.15) is 0 Å². The molecular formula is C16H34N2O. The molecule has 3 nitrogen and oxygen atoms in total. The number of ether oxygens (including phenoxy) is 1. The van der Waals surface area contributed by atoms with Crippen LogP contribution < -0.4 is 5.73 Å². The highest BCUT2D eigenvalue weighted by atomic mass is 16.5. The summed E-state index contributed by atoms with van der Waals surface area (Å²) in [5, 5.41) is 0. The summed E-state index contributed by atoms with van der Waals surface area (Å²) in [4.78, 5) is 2.55. The summed E-state index contributed by atoms with van der Waals surface area (Å²) in [6.45, 7) is 15.4. The average molecular weight is 270 g/mol. The highest BCUT2D eigenvalue weighted by molar-refractivity contribution is 5.04. The van der Waals surface area contributed by atoms with Crippen molar-refractivity contribution in [3.05, 3.63) is 0 Å². The van der Waals surface area contributed by atoms with Crippen molar-refractivity contribution in [1.82, 2.24) is 4.90 Å². The lowest BCUT2D eigenvalue weighted by Gasteiger charge is -2.56. The second kappa shape index (κ2) is 6.11. The molecule has 3 heteroatoms. The van der Waals surface area contributed by atoms with E-state index in [-0.39, 0.29) is 5.54 Å². The molecule has 19 heavy (non-hydrogen) atoms. The van der Waals surface area contributed by atoms with E-state index < -0.39 is 0 Å². The minimum atomic E-state index is 0.137. The molecule has 0 amide bonds. The maximum absolute atomic E-state index is 6.25. The van der Waals surface area contributed by atoms with Gasteiger partial charge in [0.05, 0.1) is 6.61 Å². The standard InChI is InChI=1S/C16H34N2O/c1-7-18(8-9-19-6)16(13-17)11-14(2,3)10-15(4,5)12-16/h7-13,17H2,1-6H3. The minimum absolute atomic E-state index is 0.137. The molecular weight excluding hydrogens is 236 g/mol. The van der Waals surface area contributed by atoms with Gasteiger partial charge in [-0.05, 0) is 36.6 Å². The molecule has 0 aromatic heterocycles. The van der Waals surface area contributed by atoms with E-state index in [1.807, 2.05) is 0 Å². The lowest BCUT2D eigenvalue weighted by atomic mass is 9.58. The van der Waals surface area contributed by atoms with Gasteiger partial charge in [-0.25, -0.2) is 0 Å². The number of methoxy groups -OCH3 is 1. The molecule has 1 aliphatic rings. The highest BCUT2D eigenvalue weighted by Gasteiger charge is 2.49. The number of nitrogens with zero attached hydrogens (tertiary/aromatic N) is 1. The van der Waals surface area contributed by atoms with E-state index >= 15 is 0 Å². The molecule has 0 unspecified atom stereocenters. The molecule has 1 aliphatic carbocycles. The van der Waals surface area contributed by atoms with E-state index in [1.54, 1.807) is 7.11 Å². The number of likely N-dealkylation sites (N-methyl/N-ethyl adjacent to an activating group) is 1. The van der Waals surface area contributed by atoms with Crippen molar-refractivity contribution in [3.8, 4) is 0 Å². The summed E-state index contributed by atoms with van der Waals surface area (Å²) in [5.74, 6) is 0. The van der Waals surface area contributed by atoms with Crippen LogP contribution in [0.5, 0.6) is 0 Å². The van der Waals surface area contributed by atoms with Gasteiger partial charge in [0.25, 0.3) is 0 Å². The molecule has 0 heterocycles. The maximum atomic E-state index is 6.25. The van der Waals surface area contributed by atoms with Crippen LogP contribution >= 0.6 is 0 Å². The molecule has 0 aromatic rings. The smallest absolute Gasteiger partial charge is 0.0589 e. The topological polar surface area (TPSA) is 38.5 Å². The quantitative estimate of drug-likeness (QED) is 0.806. The van der Waals surface area contributed by atoms with Crippen LogP contribution in [-0.4, -0.2) is 43.8 Å². The SMILES string of the molecule is CCN(CCOC)C1(CN)CC(C)(C)CC(C)(C)C1. The molecule has 0 aliphatic heterocycles. The minimum Gasteiger partial charge on any atom is -0.383 e. The first-order valence-corrected chi connectivity index (χ1v) is 7.64. The molecule has 2 N–H and O–H groups in total. The Morgan fingerprint density at radius 2 is 1.58 bits per heavy atom. The van der Waals surface area contributed by atoms with E-state index in [1.165, 1.54) is 19.3 Å². The molecule has 1 fully saturated rings. The summed E-state index contributed by atoms with van der Waals surface area (Å²) in [6.07, 6.45) is 3.67. The molecule has 0 atom stereocenters. The summed E-state index contributed by atoms with van der Waals surface area (Å²) in [7, 11) is 1.78. The fourth-order valence-electron chi connectivity index (χ4n) is 4.69. The Bertz CT molecular complexity index is 270. The van der Waals surface area contributed by atoms with E-state index in [9.17, 15) is 0 Å². The zero-order valence-electron chi connectivity index (χ0n) is 13.9. The van der Waals surface area contributed by atoms with Crippen LogP contribution in [0, 0.1) is 10.8 Å².